The van der Waals surface area contributed by atoms with E-state index in [9.17, 15) is 0 Å². The van der Waals surface area contributed by atoms with Crippen LogP contribution in [0.5, 0.6) is 0 Å². The summed E-state index contributed by atoms with van der Waals surface area (Å²) in [5.74, 6) is 0.832. The van der Waals surface area contributed by atoms with Crippen LogP contribution < -0.4 is 11.1 Å². The van der Waals surface area contributed by atoms with Gasteiger partial charge in [0.2, 0.25) is 0 Å². The highest BCUT2D eigenvalue weighted by molar-refractivity contribution is 5.39. The molecule has 0 bridgehead atoms. The van der Waals surface area contributed by atoms with E-state index in [0.29, 0.717) is 0 Å². The topological polar surface area (TPSA) is 59.8 Å². The van der Waals surface area contributed by atoms with Crippen LogP contribution in [0.4, 0.5) is 0 Å². The quantitative estimate of drug-likeness (QED) is 0.781. The predicted octanol–water partition coefficient (Wildman–Crippen LogP) is 2.86. The Bertz CT molecular complexity index is 539. The SMILES string of the molecule is CCCNC1(C2=CN(C)C(OC)C(OC)=C2)CCCC(C)=C(N)C1. The first-order valence-corrected chi connectivity index (χ1v) is 8.89. The van der Waals surface area contributed by atoms with E-state index in [1.54, 1.807) is 14.2 Å². The largest absolute Gasteiger partial charge is 0.496 e. The number of hydrogen-bond donors (Lipinski definition) is 2. The fraction of sp³-hybridized carbons (Fsp3) is 0.684. The second-order valence-electron chi connectivity index (χ2n) is 6.93. The maximum atomic E-state index is 6.41. The van der Waals surface area contributed by atoms with Crippen molar-refractivity contribution in [2.75, 3.05) is 27.8 Å². The molecule has 1 aliphatic heterocycles. The second kappa shape index (κ2) is 8.08. The Balaban J connectivity index is 2.42. The molecule has 0 aromatic rings. The highest BCUT2D eigenvalue weighted by atomic mass is 16.5. The number of nitrogens with two attached hydrogens (primary N) is 1. The maximum Gasteiger partial charge on any atom is 0.187 e. The van der Waals surface area contributed by atoms with Crippen molar-refractivity contribution in [2.24, 2.45) is 5.73 Å². The predicted molar refractivity (Wildman–Crippen MR) is 98.1 cm³/mol. The molecule has 0 spiro atoms. The average Bonchev–Trinajstić information content (AvgIpc) is 2.72. The Morgan fingerprint density at radius 1 is 1.42 bits per heavy atom. The van der Waals surface area contributed by atoms with E-state index >= 15 is 0 Å². The lowest BCUT2D eigenvalue weighted by Crippen LogP contribution is -2.49. The molecule has 0 radical (unpaired) electrons. The van der Waals surface area contributed by atoms with Crippen LogP contribution in [-0.2, 0) is 9.47 Å². The molecular formula is C19H33N3O2. The average molecular weight is 335 g/mol. The molecule has 136 valence electrons. The molecule has 0 aromatic heterocycles. The molecule has 0 saturated carbocycles. The summed E-state index contributed by atoms with van der Waals surface area (Å²) in [5.41, 5.74) is 9.83. The Morgan fingerprint density at radius 2 is 2.17 bits per heavy atom. The molecule has 1 aliphatic carbocycles. The van der Waals surface area contributed by atoms with Gasteiger partial charge in [0.1, 0.15) is 5.76 Å². The van der Waals surface area contributed by atoms with Crippen molar-refractivity contribution in [3.63, 3.8) is 0 Å². The van der Waals surface area contributed by atoms with Crippen LogP contribution >= 0.6 is 0 Å². The van der Waals surface area contributed by atoms with E-state index < -0.39 is 0 Å². The zero-order chi connectivity index (χ0) is 17.7. The van der Waals surface area contributed by atoms with Crippen molar-refractivity contribution in [2.45, 2.75) is 57.7 Å². The zero-order valence-corrected chi connectivity index (χ0v) is 15.8. The molecule has 24 heavy (non-hydrogen) atoms. The second-order valence-corrected chi connectivity index (χ2v) is 6.93. The minimum atomic E-state index is -0.178. The van der Waals surface area contributed by atoms with Crippen LogP contribution in [0.1, 0.15) is 46.0 Å². The van der Waals surface area contributed by atoms with Gasteiger partial charge in [-0.25, -0.2) is 0 Å². The third kappa shape index (κ3) is 3.78. The summed E-state index contributed by atoms with van der Waals surface area (Å²) in [6, 6.07) is 0. The standard InChI is InChI=1S/C19H33N3O2/c1-6-10-21-19(9-7-8-14(2)16(20)12-19)15-11-17(23-4)18(24-5)22(3)13-15/h11,13,18,21H,6-10,12,20H2,1-5H3. The van der Waals surface area contributed by atoms with E-state index in [-0.39, 0.29) is 11.8 Å². The molecule has 5 nitrogen and oxygen atoms in total. The summed E-state index contributed by atoms with van der Waals surface area (Å²) in [6.07, 6.45) is 9.33. The van der Waals surface area contributed by atoms with Crippen LogP contribution in [0, 0.1) is 0 Å². The van der Waals surface area contributed by atoms with Crippen LogP contribution in [0.25, 0.3) is 0 Å². The van der Waals surface area contributed by atoms with Gasteiger partial charge in [-0.2, -0.15) is 0 Å². The van der Waals surface area contributed by atoms with Gasteiger partial charge in [0.15, 0.2) is 6.23 Å². The van der Waals surface area contributed by atoms with Gasteiger partial charge in [-0.05, 0) is 50.8 Å². The summed E-state index contributed by atoms with van der Waals surface area (Å²) >= 11 is 0. The number of likely N-dealkylation sites (N-methyl/N-ethyl adjacent to an activating group) is 1. The first-order chi connectivity index (χ1) is 11.5. The highest BCUT2D eigenvalue weighted by Crippen LogP contribution is 2.38. The number of ether oxygens (including phenoxy) is 2. The molecule has 0 aromatic carbocycles. The minimum Gasteiger partial charge on any atom is -0.496 e. The Labute approximate surface area is 146 Å². The summed E-state index contributed by atoms with van der Waals surface area (Å²) in [5, 5.41) is 3.79. The summed E-state index contributed by atoms with van der Waals surface area (Å²) in [6.45, 7) is 5.32. The van der Waals surface area contributed by atoms with Gasteiger partial charge in [-0.3, -0.25) is 0 Å². The lowest BCUT2D eigenvalue weighted by atomic mass is 9.80. The normalized spacial score (nSPS) is 28.4. The van der Waals surface area contributed by atoms with Crippen molar-refractivity contribution in [1.82, 2.24) is 10.2 Å². The van der Waals surface area contributed by atoms with E-state index in [1.165, 1.54) is 11.1 Å². The van der Waals surface area contributed by atoms with E-state index in [0.717, 1.165) is 50.1 Å². The number of hydrogen-bond acceptors (Lipinski definition) is 5. The van der Waals surface area contributed by atoms with Crippen LogP contribution in [0.3, 0.4) is 0 Å². The first-order valence-electron chi connectivity index (χ1n) is 8.89. The number of nitrogens with zero attached hydrogens (tertiary/aromatic N) is 1. The van der Waals surface area contributed by atoms with Gasteiger partial charge in [0.25, 0.3) is 0 Å². The van der Waals surface area contributed by atoms with Crippen molar-refractivity contribution >= 4 is 0 Å². The summed E-state index contributed by atoms with van der Waals surface area (Å²) < 4.78 is 11.2. The third-order valence-corrected chi connectivity index (χ3v) is 5.17. The molecule has 0 amide bonds. The Hall–Kier alpha value is -1.46. The summed E-state index contributed by atoms with van der Waals surface area (Å²) in [7, 11) is 5.43. The minimum absolute atomic E-state index is 0.144. The molecule has 0 saturated heterocycles. The lowest BCUT2D eigenvalue weighted by molar-refractivity contribution is -0.00540. The van der Waals surface area contributed by atoms with Gasteiger partial charge in [-0.15, -0.1) is 0 Å². The van der Waals surface area contributed by atoms with E-state index in [2.05, 4.69) is 36.3 Å². The van der Waals surface area contributed by atoms with Crippen LogP contribution in [-0.4, -0.2) is 44.5 Å². The van der Waals surface area contributed by atoms with Gasteiger partial charge >= 0.3 is 0 Å². The van der Waals surface area contributed by atoms with Gasteiger partial charge in [-0.1, -0.05) is 12.5 Å². The maximum absolute atomic E-state index is 6.41. The van der Waals surface area contributed by atoms with Gasteiger partial charge in [0.05, 0.1) is 12.6 Å². The Morgan fingerprint density at radius 3 is 2.79 bits per heavy atom. The van der Waals surface area contributed by atoms with E-state index in [1.807, 2.05) is 7.05 Å². The van der Waals surface area contributed by atoms with Gasteiger partial charge < -0.3 is 25.4 Å². The number of nitrogens with one attached hydrogen (secondary N) is 1. The molecule has 5 heteroatoms. The Kier molecular flexibility index (Phi) is 6.35. The monoisotopic (exact) mass is 335 g/mol. The molecule has 2 atom stereocenters. The molecule has 0 fully saturated rings. The molecule has 2 unspecified atom stereocenters. The zero-order valence-electron chi connectivity index (χ0n) is 15.8. The van der Waals surface area contributed by atoms with Gasteiger partial charge in [0, 0.05) is 32.5 Å². The number of allylic oxidation sites excluding steroid dienone is 1. The summed E-state index contributed by atoms with van der Waals surface area (Å²) in [4.78, 5) is 2.07. The first kappa shape index (κ1) is 18.9. The highest BCUT2D eigenvalue weighted by Gasteiger charge is 2.38. The number of rotatable bonds is 6. The van der Waals surface area contributed by atoms with Crippen molar-refractivity contribution in [3.8, 4) is 0 Å². The van der Waals surface area contributed by atoms with E-state index in [4.69, 9.17) is 15.2 Å². The van der Waals surface area contributed by atoms with Crippen molar-refractivity contribution in [1.29, 1.82) is 0 Å². The van der Waals surface area contributed by atoms with Crippen LogP contribution in [0.2, 0.25) is 0 Å². The molecule has 2 aliphatic rings. The smallest absolute Gasteiger partial charge is 0.187 e. The number of methoxy groups -OCH3 is 2. The molecule has 2 rings (SSSR count). The molecule has 1 heterocycles. The fourth-order valence-corrected chi connectivity index (χ4v) is 3.70. The lowest BCUT2D eigenvalue weighted by Gasteiger charge is -2.40. The molecule has 3 N–H and O–H groups in total. The van der Waals surface area contributed by atoms with Crippen LogP contribution in [0.15, 0.2) is 34.9 Å². The van der Waals surface area contributed by atoms with Crippen molar-refractivity contribution in [3.05, 3.63) is 34.9 Å². The van der Waals surface area contributed by atoms with Crippen molar-refractivity contribution < 1.29 is 9.47 Å². The molecular weight excluding hydrogens is 302 g/mol. The third-order valence-electron chi connectivity index (χ3n) is 5.17. The fourth-order valence-electron chi connectivity index (χ4n) is 3.70.